The Kier molecular flexibility index (Phi) is 8.20. The first-order valence-corrected chi connectivity index (χ1v) is 6.17. The predicted molar refractivity (Wildman–Crippen MR) is 64.8 cm³/mol. The van der Waals surface area contributed by atoms with E-state index in [1.54, 1.807) is 0 Å². The van der Waals surface area contributed by atoms with E-state index in [4.69, 9.17) is 0 Å². The molecule has 0 aromatic rings. The highest BCUT2D eigenvalue weighted by Gasteiger charge is 2.22. The number of nitrogens with one attached hydrogen (secondary N) is 1. The Labute approximate surface area is 90.1 Å². The monoisotopic (exact) mass is 200 g/mol. The van der Waals surface area contributed by atoms with Crippen molar-refractivity contribution in [1.29, 1.82) is 0 Å². The topological polar surface area (TPSA) is 15.3 Å². The summed E-state index contributed by atoms with van der Waals surface area (Å²) in [6, 6.07) is 1.55. The third-order valence-electron chi connectivity index (χ3n) is 2.58. The van der Waals surface area contributed by atoms with E-state index < -0.39 is 0 Å². The van der Waals surface area contributed by atoms with Gasteiger partial charge in [0.05, 0.1) is 0 Å². The molecule has 1 fully saturated rings. The zero-order chi connectivity index (χ0) is 11.0. The lowest BCUT2D eigenvalue weighted by Gasteiger charge is -2.18. The fourth-order valence-corrected chi connectivity index (χ4v) is 1.31. The Morgan fingerprint density at radius 1 is 1.36 bits per heavy atom. The van der Waals surface area contributed by atoms with Gasteiger partial charge in [-0.25, -0.2) is 0 Å². The summed E-state index contributed by atoms with van der Waals surface area (Å²) >= 11 is 0. The van der Waals surface area contributed by atoms with Gasteiger partial charge in [-0.3, -0.25) is 0 Å². The van der Waals surface area contributed by atoms with Crippen LogP contribution in [0.2, 0.25) is 0 Å². The van der Waals surface area contributed by atoms with Gasteiger partial charge in [0.15, 0.2) is 0 Å². The third kappa shape index (κ3) is 7.34. The van der Waals surface area contributed by atoms with Crippen LogP contribution < -0.4 is 5.32 Å². The predicted octanol–water partition coefficient (Wildman–Crippen LogP) is 2.49. The van der Waals surface area contributed by atoms with E-state index in [1.165, 1.54) is 25.8 Å². The van der Waals surface area contributed by atoms with Crippen LogP contribution in [0.25, 0.3) is 0 Å². The van der Waals surface area contributed by atoms with E-state index in [0.29, 0.717) is 6.04 Å². The molecule has 1 atom stereocenters. The highest BCUT2D eigenvalue weighted by atomic mass is 15.1. The molecule has 86 valence electrons. The second-order valence-corrected chi connectivity index (χ2v) is 4.03. The second-order valence-electron chi connectivity index (χ2n) is 4.03. The molecule has 1 N–H and O–H groups in total. The van der Waals surface area contributed by atoms with Gasteiger partial charge in [0.25, 0.3) is 0 Å². The maximum absolute atomic E-state index is 3.61. The third-order valence-corrected chi connectivity index (χ3v) is 2.58. The van der Waals surface area contributed by atoms with Crippen LogP contribution >= 0.6 is 0 Å². The average Bonchev–Trinajstić information content (AvgIpc) is 3.01. The molecule has 0 heterocycles. The molecule has 0 radical (unpaired) electrons. The molecular weight excluding hydrogens is 172 g/mol. The molecule has 1 saturated carbocycles. The lowest BCUT2D eigenvalue weighted by Crippen LogP contribution is -2.32. The minimum Gasteiger partial charge on any atom is -0.311 e. The minimum atomic E-state index is 0.700. The van der Waals surface area contributed by atoms with Crippen LogP contribution in [0.5, 0.6) is 0 Å². The van der Waals surface area contributed by atoms with Crippen LogP contribution in [0.15, 0.2) is 0 Å². The molecule has 0 bridgehead atoms. The fourth-order valence-electron chi connectivity index (χ4n) is 1.31. The highest BCUT2D eigenvalue weighted by molar-refractivity contribution is 4.83. The van der Waals surface area contributed by atoms with E-state index >= 15 is 0 Å². The van der Waals surface area contributed by atoms with E-state index in [2.05, 4.69) is 31.1 Å². The van der Waals surface area contributed by atoms with Crippen molar-refractivity contribution in [2.24, 2.45) is 0 Å². The smallest absolute Gasteiger partial charge is 0.00707 e. The Hall–Kier alpha value is -0.0800. The lowest BCUT2D eigenvalue weighted by molar-refractivity contribution is 0.324. The summed E-state index contributed by atoms with van der Waals surface area (Å²) < 4.78 is 0. The standard InChI is InChI=1S/C10H22N2.C2H6/c1-4-12(3)8-7-9(2)11-10-5-6-10;1-2/h9-11H,4-8H2,1-3H3;1-2H3. The molecule has 0 amide bonds. The van der Waals surface area contributed by atoms with Crippen LogP contribution in [0.4, 0.5) is 0 Å². The van der Waals surface area contributed by atoms with Crippen LogP contribution in [0.3, 0.4) is 0 Å². The Balaban J connectivity index is 0.000000791. The molecule has 1 aliphatic carbocycles. The molecule has 0 aromatic carbocycles. The summed E-state index contributed by atoms with van der Waals surface area (Å²) in [6.45, 7) is 10.9. The Bertz CT molecular complexity index is 121. The quantitative estimate of drug-likeness (QED) is 0.708. The van der Waals surface area contributed by atoms with E-state index in [9.17, 15) is 0 Å². The summed E-state index contributed by atoms with van der Waals surface area (Å²) in [4.78, 5) is 2.37. The Morgan fingerprint density at radius 2 is 1.93 bits per heavy atom. The normalized spacial score (nSPS) is 17.6. The number of hydrogen-bond donors (Lipinski definition) is 1. The summed E-state index contributed by atoms with van der Waals surface area (Å²) in [6.07, 6.45) is 4.07. The first kappa shape index (κ1) is 13.9. The SMILES string of the molecule is CC.CCN(C)CCC(C)NC1CC1. The first-order valence-electron chi connectivity index (χ1n) is 6.17. The van der Waals surface area contributed by atoms with Crippen LogP contribution in [0, 0.1) is 0 Å². The van der Waals surface area contributed by atoms with E-state index in [-0.39, 0.29) is 0 Å². The van der Waals surface area contributed by atoms with Gasteiger partial charge in [-0.05, 0) is 46.3 Å². The van der Waals surface area contributed by atoms with Crippen molar-refractivity contribution in [3.05, 3.63) is 0 Å². The Morgan fingerprint density at radius 3 is 2.36 bits per heavy atom. The van der Waals surface area contributed by atoms with Gasteiger partial charge in [0.2, 0.25) is 0 Å². The average molecular weight is 200 g/mol. The van der Waals surface area contributed by atoms with Crippen LogP contribution in [0.1, 0.15) is 47.0 Å². The number of nitrogens with zero attached hydrogens (tertiary/aromatic N) is 1. The van der Waals surface area contributed by atoms with Gasteiger partial charge >= 0.3 is 0 Å². The molecular formula is C12H28N2. The zero-order valence-corrected chi connectivity index (χ0v) is 10.6. The number of hydrogen-bond acceptors (Lipinski definition) is 2. The molecule has 0 saturated heterocycles. The number of rotatable bonds is 6. The van der Waals surface area contributed by atoms with Crippen molar-refractivity contribution < 1.29 is 0 Å². The van der Waals surface area contributed by atoms with Crippen molar-refractivity contribution in [3.8, 4) is 0 Å². The van der Waals surface area contributed by atoms with Crippen molar-refractivity contribution in [3.63, 3.8) is 0 Å². The van der Waals surface area contributed by atoms with Gasteiger partial charge < -0.3 is 10.2 Å². The zero-order valence-electron chi connectivity index (χ0n) is 10.6. The highest BCUT2D eigenvalue weighted by Crippen LogP contribution is 2.19. The molecule has 0 spiro atoms. The first-order chi connectivity index (χ1) is 6.72. The molecule has 0 aliphatic heterocycles. The molecule has 1 aliphatic rings. The van der Waals surface area contributed by atoms with Crippen molar-refractivity contribution >= 4 is 0 Å². The second kappa shape index (κ2) is 8.25. The fraction of sp³-hybridized carbons (Fsp3) is 1.00. The van der Waals surface area contributed by atoms with Gasteiger partial charge in [-0.1, -0.05) is 20.8 Å². The lowest BCUT2D eigenvalue weighted by atomic mass is 10.2. The van der Waals surface area contributed by atoms with Gasteiger partial charge in [0, 0.05) is 12.1 Å². The van der Waals surface area contributed by atoms with Crippen molar-refractivity contribution in [2.75, 3.05) is 20.1 Å². The summed E-state index contributed by atoms with van der Waals surface area (Å²) in [5, 5.41) is 3.61. The van der Waals surface area contributed by atoms with Crippen molar-refractivity contribution in [1.82, 2.24) is 10.2 Å². The largest absolute Gasteiger partial charge is 0.311 e. The molecule has 1 unspecified atom stereocenters. The van der Waals surface area contributed by atoms with Crippen LogP contribution in [-0.4, -0.2) is 37.1 Å². The summed E-state index contributed by atoms with van der Waals surface area (Å²) in [5.41, 5.74) is 0. The van der Waals surface area contributed by atoms with E-state index in [0.717, 1.165) is 12.6 Å². The maximum atomic E-state index is 3.61. The summed E-state index contributed by atoms with van der Waals surface area (Å²) in [7, 11) is 2.18. The summed E-state index contributed by atoms with van der Waals surface area (Å²) in [5.74, 6) is 0. The van der Waals surface area contributed by atoms with Gasteiger partial charge in [0.1, 0.15) is 0 Å². The van der Waals surface area contributed by atoms with Crippen LogP contribution in [-0.2, 0) is 0 Å². The molecule has 14 heavy (non-hydrogen) atoms. The molecule has 0 aromatic heterocycles. The molecule has 1 rings (SSSR count). The van der Waals surface area contributed by atoms with Gasteiger partial charge in [-0.15, -0.1) is 0 Å². The minimum absolute atomic E-state index is 0.700. The maximum Gasteiger partial charge on any atom is 0.00707 e. The van der Waals surface area contributed by atoms with Crippen molar-refractivity contribution in [2.45, 2.75) is 59.0 Å². The van der Waals surface area contributed by atoms with Gasteiger partial charge in [-0.2, -0.15) is 0 Å². The molecule has 2 heteroatoms. The molecule has 2 nitrogen and oxygen atoms in total. The van der Waals surface area contributed by atoms with E-state index in [1.807, 2.05) is 13.8 Å².